The standard InChI is InChI=1S/C30H29N5O3S/c36-29(32-21-8-9-21)27-16-19-10-13-34(26-7-2-1-4-23(26)28(19)39-27)30(37)25-6-3-5-24(33-25)20-17-31-35(18-20)22-11-14-38-15-12-22/h1-7,16-18,21-22H,8-15H2,(H,32,36). The smallest absolute Gasteiger partial charge is 0.276 e. The second kappa shape index (κ2) is 10.1. The molecule has 3 aromatic heterocycles. The molecule has 2 fully saturated rings. The number of aromatic nitrogens is 3. The summed E-state index contributed by atoms with van der Waals surface area (Å²) in [6.07, 6.45) is 8.51. The summed E-state index contributed by atoms with van der Waals surface area (Å²) < 4.78 is 7.48. The molecule has 0 spiro atoms. The van der Waals surface area contributed by atoms with Gasteiger partial charge in [0.2, 0.25) is 0 Å². The summed E-state index contributed by atoms with van der Waals surface area (Å²) in [6, 6.07) is 16.2. The molecule has 1 saturated carbocycles. The van der Waals surface area contributed by atoms with E-state index in [0.717, 1.165) is 76.7 Å². The highest BCUT2D eigenvalue weighted by Gasteiger charge is 2.30. The molecule has 0 unspecified atom stereocenters. The Morgan fingerprint density at radius 2 is 1.87 bits per heavy atom. The summed E-state index contributed by atoms with van der Waals surface area (Å²) in [5.41, 5.74) is 4.94. The van der Waals surface area contributed by atoms with Gasteiger partial charge in [0.25, 0.3) is 11.8 Å². The Morgan fingerprint density at radius 1 is 1.03 bits per heavy atom. The van der Waals surface area contributed by atoms with Crippen LogP contribution in [-0.2, 0) is 11.2 Å². The number of pyridine rings is 1. The van der Waals surface area contributed by atoms with Crippen molar-refractivity contribution in [2.45, 2.75) is 44.2 Å². The van der Waals surface area contributed by atoms with Gasteiger partial charge in [-0.1, -0.05) is 24.3 Å². The Bertz CT molecular complexity index is 1550. The number of thiophene rings is 1. The van der Waals surface area contributed by atoms with E-state index in [1.807, 2.05) is 64.4 Å². The van der Waals surface area contributed by atoms with E-state index in [1.54, 1.807) is 6.07 Å². The molecule has 39 heavy (non-hydrogen) atoms. The molecular weight excluding hydrogens is 510 g/mol. The lowest BCUT2D eigenvalue weighted by atomic mass is 10.1. The van der Waals surface area contributed by atoms with Crippen molar-refractivity contribution in [2.75, 3.05) is 24.7 Å². The fraction of sp³-hybridized carbons (Fsp3) is 0.333. The number of fused-ring (bicyclic) bond motifs is 3. The number of benzene rings is 1. The second-order valence-electron chi connectivity index (χ2n) is 10.4. The minimum atomic E-state index is -0.136. The van der Waals surface area contributed by atoms with E-state index in [9.17, 15) is 9.59 Å². The highest BCUT2D eigenvalue weighted by atomic mass is 32.1. The summed E-state index contributed by atoms with van der Waals surface area (Å²) >= 11 is 1.51. The van der Waals surface area contributed by atoms with Crippen molar-refractivity contribution in [3.05, 3.63) is 77.1 Å². The fourth-order valence-electron chi connectivity index (χ4n) is 5.38. The first-order valence-electron chi connectivity index (χ1n) is 13.6. The van der Waals surface area contributed by atoms with E-state index in [2.05, 4.69) is 10.4 Å². The fourth-order valence-corrected chi connectivity index (χ4v) is 6.52. The molecular formula is C30H29N5O3S. The molecule has 1 saturated heterocycles. The number of nitrogens with zero attached hydrogens (tertiary/aromatic N) is 4. The zero-order valence-corrected chi connectivity index (χ0v) is 22.3. The van der Waals surface area contributed by atoms with Crippen LogP contribution >= 0.6 is 11.3 Å². The van der Waals surface area contributed by atoms with Gasteiger partial charge in [-0.2, -0.15) is 5.10 Å². The van der Waals surface area contributed by atoms with Gasteiger partial charge in [0.15, 0.2) is 0 Å². The van der Waals surface area contributed by atoms with Gasteiger partial charge in [-0.25, -0.2) is 4.98 Å². The quantitative estimate of drug-likeness (QED) is 0.380. The molecule has 5 heterocycles. The third-order valence-corrected chi connectivity index (χ3v) is 8.87. The predicted molar refractivity (Wildman–Crippen MR) is 150 cm³/mol. The highest BCUT2D eigenvalue weighted by molar-refractivity contribution is 7.17. The molecule has 4 aromatic rings. The summed E-state index contributed by atoms with van der Waals surface area (Å²) in [4.78, 5) is 35.0. The minimum absolute atomic E-state index is 0.00199. The first-order chi connectivity index (χ1) is 19.1. The van der Waals surface area contributed by atoms with Gasteiger partial charge in [0.1, 0.15) is 5.69 Å². The van der Waals surface area contributed by atoms with Crippen LogP contribution in [0, 0.1) is 0 Å². The van der Waals surface area contributed by atoms with Crippen LogP contribution in [0.15, 0.2) is 60.9 Å². The number of carbonyl (C=O) groups is 2. The highest BCUT2D eigenvalue weighted by Crippen LogP contribution is 2.42. The molecule has 3 aliphatic rings. The third-order valence-electron chi connectivity index (χ3n) is 7.67. The number of para-hydroxylation sites is 1. The summed E-state index contributed by atoms with van der Waals surface area (Å²) in [5.74, 6) is -0.134. The molecule has 198 valence electrons. The van der Waals surface area contributed by atoms with Gasteiger partial charge in [0.05, 0.1) is 28.5 Å². The van der Waals surface area contributed by atoms with Crippen LogP contribution in [0.25, 0.3) is 21.7 Å². The Hall–Kier alpha value is -3.82. The van der Waals surface area contributed by atoms with E-state index in [1.165, 1.54) is 11.3 Å². The number of carbonyl (C=O) groups excluding carboxylic acids is 2. The number of nitrogens with one attached hydrogen (secondary N) is 1. The zero-order chi connectivity index (χ0) is 26.3. The van der Waals surface area contributed by atoms with Crippen LogP contribution in [0.3, 0.4) is 0 Å². The number of ether oxygens (including phenoxy) is 1. The third kappa shape index (κ3) is 4.77. The van der Waals surface area contributed by atoms with E-state index in [0.29, 0.717) is 30.7 Å². The lowest BCUT2D eigenvalue weighted by Gasteiger charge is -2.23. The zero-order valence-electron chi connectivity index (χ0n) is 21.5. The second-order valence-corrected chi connectivity index (χ2v) is 11.4. The van der Waals surface area contributed by atoms with Crippen molar-refractivity contribution >= 4 is 28.8 Å². The molecule has 1 N–H and O–H groups in total. The van der Waals surface area contributed by atoms with Crippen molar-refractivity contribution in [1.82, 2.24) is 20.1 Å². The van der Waals surface area contributed by atoms with Crippen molar-refractivity contribution in [3.63, 3.8) is 0 Å². The van der Waals surface area contributed by atoms with E-state index in [4.69, 9.17) is 9.72 Å². The SMILES string of the molecule is O=C(NC1CC1)c1cc2c(s1)-c1ccccc1N(C(=O)c1cccc(-c3cnn(C4CCOCC4)c3)n1)CC2. The Kier molecular flexibility index (Phi) is 6.25. The van der Waals surface area contributed by atoms with Gasteiger partial charge in [-0.15, -0.1) is 11.3 Å². The molecule has 2 amide bonds. The lowest BCUT2D eigenvalue weighted by Crippen LogP contribution is -2.33. The predicted octanol–water partition coefficient (Wildman–Crippen LogP) is 5.12. The first kappa shape index (κ1) is 24.2. The van der Waals surface area contributed by atoms with Crippen LogP contribution in [0.1, 0.15) is 57.4 Å². The molecule has 9 heteroatoms. The van der Waals surface area contributed by atoms with Gasteiger partial charge < -0.3 is 15.0 Å². The number of rotatable bonds is 5. The number of hydrogen-bond acceptors (Lipinski definition) is 6. The van der Waals surface area contributed by atoms with Crippen molar-refractivity contribution in [3.8, 4) is 21.7 Å². The monoisotopic (exact) mass is 539 g/mol. The van der Waals surface area contributed by atoms with E-state index >= 15 is 0 Å². The summed E-state index contributed by atoms with van der Waals surface area (Å²) in [6.45, 7) is 2.01. The molecule has 2 aliphatic heterocycles. The molecule has 0 atom stereocenters. The van der Waals surface area contributed by atoms with Crippen molar-refractivity contribution in [2.24, 2.45) is 0 Å². The number of amides is 2. The van der Waals surface area contributed by atoms with Crippen LogP contribution in [-0.4, -0.2) is 52.4 Å². The average molecular weight is 540 g/mol. The van der Waals surface area contributed by atoms with Crippen molar-refractivity contribution in [1.29, 1.82) is 0 Å². The van der Waals surface area contributed by atoms with Crippen molar-refractivity contribution < 1.29 is 14.3 Å². The van der Waals surface area contributed by atoms with E-state index in [-0.39, 0.29) is 11.8 Å². The van der Waals surface area contributed by atoms with Crippen LogP contribution in [0.2, 0.25) is 0 Å². The number of hydrogen-bond donors (Lipinski definition) is 1. The molecule has 0 bridgehead atoms. The minimum Gasteiger partial charge on any atom is -0.381 e. The molecule has 1 aromatic carbocycles. The van der Waals surface area contributed by atoms with E-state index < -0.39 is 0 Å². The maximum absolute atomic E-state index is 13.9. The first-order valence-corrected chi connectivity index (χ1v) is 14.4. The lowest BCUT2D eigenvalue weighted by molar-refractivity contribution is 0.0662. The van der Waals surface area contributed by atoms with Gasteiger partial charge >= 0.3 is 0 Å². The van der Waals surface area contributed by atoms with Crippen LogP contribution in [0.5, 0.6) is 0 Å². The van der Waals surface area contributed by atoms with Gasteiger partial charge in [-0.3, -0.25) is 14.3 Å². The van der Waals surface area contributed by atoms with Gasteiger partial charge in [-0.05, 0) is 61.9 Å². The normalized spacial score (nSPS) is 17.3. The molecule has 0 radical (unpaired) electrons. The number of anilines is 1. The van der Waals surface area contributed by atoms with Crippen LogP contribution < -0.4 is 10.2 Å². The summed E-state index contributed by atoms with van der Waals surface area (Å²) in [7, 11) is 0. The largest absolute Gasteiger partial charge is 0.381 e. The average Bonchev–Trinajstić information content (AvgIpc) is 3.51. The molecule has 7 rings (SSSR count). The Balaban J connectivity index is 1.16. The Labute approximate surface area is 230 Å². The topological polar surface area (TPSA) is 89.4 Å². The molecule has 8 nitrogen and oxygen atoms in total. The maximum Gasteiger partial charge on any atom is 0.276 e. The van der Waals surface area contributed by atoms with Crippen LogP contribution in [0.4, 0.5) is 5.69 Å². The molecule has 1 aliphatic carbocycles. The Morgan fingerprint density at radius 3 is 2.72 bits per heavy atom. The maximum atomic E-state index is 13.9. The van der Waals surface area contributed by atoms with Gasteiger partial charge in [0, 0.05) is 48.0 Å². The summed E-state index contributed by atoms with van der Waals surface area (Å²) in [5, 5.41) is 7.67.